The molecule has 1 aromatic carbocycles. The molecule has 0 aliphatic carbocycles. The van der Waals surface area contributed by atoms with Crippen molar-refractivity contribution in [3.05, 3.63) is 28.2 Å². The Morgan fingerprint density at radius 1 is 1.25 bits per heavy atom. The van der Waals surface area contributed by atoms with Crippen LogP contribution >= 0.6 is 23.2 Å². The van der Waals surface area contributed by atoms with Crippen molar-refractivity contribution in [2.24, 2.45) is 0 Å². The number of hydrogen-bond acceptors (Lipinski definition) is 4. The Morgan fingerprint density at radius 3 is 2.42 bits per heavy atom. The van der Waals surface area contributed by atoms with E-state index in [2.05, 4.69) is 10.6 Å². The van der Waals surface area contributed by atoms with Crippen molar-refractivity contribution in [1.82, 2.24) is 5.32 Å². The Balaban J connectivity index is 2.49. The lowest BCUT2D eigenvalue weighted by molar-refractivity contribution is -0.141. The molecule has 0 heterocycles. The topological polar surface area (TPSA) is 87.7 Å². The number of amides is 1. The van der Waals surface area contributed by atoms with Crippen LogP contribution in [0.4, 0.5) is 5.69 Å². The third-order valence-electron chi connectivity index (χ3n) is 3.08. The van der Waals surface area contributed by atoms with Crippen LogP contribution in [0, 0.1) is 0 Å². The van der Waals surface area contributed by atoms with Crippen LogP contribution in [0.15, 0.2) is 18.2 Å². The number of aliphatic carboxylic acids is 1. The predicted molar refractivity (Wildman–Crippen MR) is 94.8 cm³/mol. The molecule has 0 aliphatic heterocycles. The molecule has 3 N–H and O–H groups in total. The molecule has 1 rings (SSSR count). The zero-order valence-electron chi connectivity index (χ0n) is 13.6. The molecule has 1 atom stereocenters. The lowest BCUT2D eigenvalue weighted by Gasteiger charge is -2.15. The van der Waals surface area contributed by atoms with Crippen molar-refractivity contribution in [3.8, 4) is 0 Å². The fourth-order valence-corrected chi connectivity index (χ4v) is 2.40. The third-order valence-corrected chi connectivity index (χ3v) is 3.71. The van der Waals surface area contributed by atoms with Gasteiger partial charge in [-0.1, -0.05) is 29.3 Å². The lowest BCUT2D eigenvalue weighted by atomic mass is 10.2. The Kier molecular flexibility index (Phi) is 9.07. The first-order valence-corrected chi connectivity index (χ1v) is 8.38. The minimum Gasteiger partial charge on any atom is -0.480 e. The van der Waals surface area contributed by atoms with E-state index in [1.807, 2.05) is 13.8 Å². The molecular formula is C16H22Cl2N2O4. The summed E-state index contributed by atoms with van der Waals surface area (Å²) in [5.74, 6) is -1.58. The van der Waals surface area contributed by atoms with Crippen LogP contribution in [0.25, 0.3) is 0 Å². The van der Waals surface area contributed by atoms with Crippen LogP contribution < -0.4 is 10.6 Å². The number of carbonyl (C=O) groups excluding carboxylic acids is 1. The average Bonchev–Trinajstić information content (AvgIpc) is 2.49. The molecule has 1 amide bonds. The minimum atomic E-state index is -1.10. The zero-order valence-corrected chi connectivity index (χ0v) is 15.2. The number of nitrogens with one attached hydrogen (secondary N) is 2. The van der Waals surface area contributed by atoms with E-state index >= 15 is 0 Å². The molecule has 0 bridgehead atoms. The number of halogens is 2. The summed E-state index contributed by atoms with van der Waals surface area (Å²) in [6.07, 6.45) is 0.549. The summed E-state index contributed by atoms with van der Waals surface area (Å²) in [5.41, 5.74) is 0.278. The summed E-state index contributed by atoms with van der Waals surface area (Å²) >= 11 is 11.9. The standard InChI is InChI=1S/C16H22Cl2N2O4/c1-10(2)24-8-4-7-19-13(16(22)23)9-14(21)20-15-11(17)5-3-6-12(15)18/h3,5-6,10,13,19H,4,7-9H2,1-2H3,(H,20,21)(H,22,23). The number of para-hydroxylation sites is 1. The van der Waals surface area contributed by atoms with Gasteiger partial charge in [0, 0.05) is 6.61 Å². The summed E-state index contributed by atoms with van der Waals surface area (Å²) in [5, 5.41) is 15.2. The van der Waals surface area contributed by atoms with E-state index in [0.29, 0.717) is 29.6 Å². The van der Waals surface area contributed by atoms with E-state index in [-0.39, 0.29) is 18.2 Å². The second kappa shape index (κ2) is 10.5. The first-order chi connectivity index (χ1) is 11.3. The highest BCUT2D eigenvalue weighted by Gasteiger charge is 2.21. The summed E-state index contributed by atoms with van der Waals surface area (Å²) in [6.45, 7) is 4.82. The monoisotopic (exact) mass is 376 g/mol. The number of carboxylic acids is 1. The molecule has 0 saturated heterocycles. The molecule has 1 unspecified atom stereocenters. The van der Waals surface area contributed by atoms with E-state index < -0.39 is 17.9 Å². The second-order valence-electron chi connectivity index (χ2n) is 5.47. The number of rotatable bonds is 10. The highest BCUT2D eigenvalue weighted by Crippen LogP contribution is 2.29. The van der Waals surface area contributed by atoms with E-state index in [9.17, 15) is 14.7 Å². The van der Waals surface area contributed by atoms with Gasteiger partial charge >= 0.3 is 5.97 Å². The Morgan fingerprint density at radius 2 is 1.88 bits per heavy atom. The number of carbonyl (C=O) groups is 2. The van der Waals surface area contributed by atoms with Crippen LogP contribution in [-0.4, -0.2) is 42.3 Å². The molecule has 0 radical (unpaired) electrons. The van der Waals surface area contributed by atoms with Crippen LogP contribution in [0.3, 0.4) is 0 Å². The van der Waals surface area contributed by atoms with Crippen molar-refractivity contribution in [3.63, 3.8) is 0 Å². The summed E-state index contributed by atoms with van der Waals surface area (Å²) in [4.78, 5) is 23.3. The SMILES string of the molecule is CC(C)OCCCNC(CC(=O)Nc1c(Cl)cccc1Cl)C(=O)O. The largest absolute Gasteiger partial charge is 0.480 e. The van der Waals surface area contributed by atoms with Gasteiger partial charge in [-0.15, -0.1) is 0 Å². The van der Waals surface area contributed by atoms with Gasteiger partial charge in [-0.05, 0) is 38.9 Å². The maximum atomic E-state index is 12.1. The molecule has 0 spiro atoms. The molecule has 0 aromatic heterocycles. The summed E-state index contributed by atoms with van der Waals surface area (Å²) in [7, 11) is 0. The zero-order chi connectivity index (χ0) is 18.1. The van der Waals surface area contributed by atoms with Gasteiger partial charge < -0.3 is 20.5 Å². The third kappa shape index (κ3) is 7.49. The molecule has 0 fully saturated rings. The van der Waals surface area contributed by atoms with Crippen molar-refractivity contribution in [2.45, 2.75) is 38.8 Å². The van der Waals surface area contributed by atoms with Gasteiger partial charge in [0.25, 0.3) is 0 Å². The molecule has 0 aliphatic rings. The van der Waals surface area contributed by atoms with Crippen molar-refractivity contribution in [2.75, 3.05) is 18.5 Å². The van der Waals surface area contributed by atoms with Crippen molar-refractivity contribution < 1.29 is 19.4 Å². The van der Waals surface area contributed by atoms with Crippen LogP contribution in [-0.2, 0) is 14.3 Å². The fraction of sp³-hybridized carbons (Fsp3) is 0.500. The summed E-state index contributed by atoms with van der Waals surface area (Å²) in [6, 6.07) is 3.83. The first kappa shape index (κ1) is 20.7. The van der Waals surface area contributed by atoms with E-state index in [1.165, 1.54) is 0 Å². The van der Waals surface area contributed by atoms with E-state index in [0.717, 1.165) is 0 Å². The number of hydrogen-bond donors (Lipinski definition) is 3. The van der Waals surface area contributed by atoms with Gasteiger partial charge in [0.05, 0.1) is 28.3 Å². The highest BCUT2D eigenvalue weighted by atomic mass is 35.5. The van der Waals surface area contributed by atoms with Crippen LogP contribution in [0.5, 0.6) is 0 Å². The van der Waals surface area contributed by atoms with Crippen LogP contribution in [0.1, 0.15) is 26.7 Å². The normalized spacial score (nSPS) is 12.2. The van der Waals surface area contributed by atoms with Crippen molar-refractivity contribution >= 4 is 40.8 Å². The second-order valence-corrected chi connectivity index (χ2v) is 6.28. The molecule has 6 nitrogen and oxygen atoms in total. The molecular weight excluding hydrogens is 355 g/mol. The van der Waals surface area contributed by atoms with Gasteiger partial charge in [-0.2, -0.15) is 0 Å². The smallest absolute Gasteiger partial charge is 0.321 e. The summed E-state index contributed by atoms with van der Waals surface area (Å²) < 4.78 is 5.37. The van der Waals surface area contributed by atoms with Gasteiger partial charge in [-0.3, -0.25) is 9.59 Å². The van der Waals surface area contributed by atoms with Gasteiger partial charge in [0.15, 0.2) is 0 Å². The molecule has 1 aromatic rings. The average molecular weight is 377 g/mol. The number of anilines is 1. The Bertz CT molecular complexity index is 547. The van der Waals surface area contributed by atoms with Gasteiger partial charge in [-0.25, -0.2) is 0 Å². The number of benzene rings is 1. The quantitative estimate of drug-likeness (QED) is 0.545. The highest BCUT2D eigenvalue weighted by molar-refractivity contribution is 6.39. The molecule has 24 heavy (non-hydrogen) atoms. The minimum absolute atomic E-state index is 0.131. The maximum absolute atomic E-state index is 12.1. The first-order valence-electron chi connectivity index (χ1n) is 7.63. The molecule has 8 heteroatoms. The Hall–Kier alpha value is -1.34. The Labute approximate surface area is 151 Å². The van der Waals surface area contributed by atoms with Gasteiger partial charge in [0.2, 0.25) is 5.91 Å². The fourth-order valence-electron chi connectivity index (χ4n) is 1.91. The van der Waals surface area contributed by atoms with Gasteiger partial charge in [0.1, 0.15) is 6.04 Å². The van der Waals surface area contributed by atoms with E-state index in [4.69, 9.17) is 27.9 Å². The number of carboxylic acid groups (broad SMARTS) is 1. The maximum Gasteiger partial charge on any atom is 0.321 e. The van der Waals surface area contributed by atoms with E-state index in [1.54, 1.807) is 18.2 Å². The predicted octanol–water partition coefficient (Wildman–Crippen LogP) is 3.18. The molecule has 134 valence electrons. The van der Waals surface area contributed by atoms with Crippen LogP contribution in [0.2, 0.25) is 10.0 Å². The number of ether oxygens (including phenoxy) is 1. The molecule has 0 saturated carbocycles. The van der Waals surface area contributed by atoms with Crippen molar-refractivity contribution in [1.29, 1.82) is 0 Å². The lowest BCUT2D eigenvalue weighted by Crippen LogP contribution is -2.40.